The molecule has 126 valence electrons. The van der Waals surface area contributed by atoms with E-state index < -0.39 is 11.4 Å². The molecule has 0 radical (unpaired) electrons. The van der Waals surface area contributed by atoms with Crippen LogP contribution in [0.2, 0.25) is 0 Å². The normalized spacial score (nSPS) is 20.5. The number of benzene rings is 1. The molecule has 23 heavy (non-hydrogen) atoms. The minimum Gasteiger partial charge on any atom is -0.481 e. The minimum atomic E-state index is -0.825. The third-order valence-electron chi connectivity index (χ3n) is 4.54. The largest absolute Gasteiger partial charge is 0.481 e. The van der Waals surface area contributed by atoms with Crippen molar-refractivity contribution < 1.29 is 14.7 Å². The van der Waals surface area contributed by atoms with Crippen molar-refractivity contribution in [1.82, 2.24) is 10.2 Å². The van der Waals surface area contributed by atoms with Gasteiger partial charge in [-0.25, -0.2) is 4.79 Å². The van der Waals surface area contributed by atoms with Crippen molar-refractivity contribution in [3.05, 3.63) is 35.9 Å². The number of urea groups is 1. The first-order valence-electron chi connectivity index (χ1n) is 8.31. The molecule has 2 amide bonds. The van der Waals surface area contributed by atoms with E-state index in [9.17, 15) is 14.7 Å². The highest BCUT2D eigenvalue weighted by Crippen LogP contribution is 2.29. The van der Waals surface area contributed by atoms with Crippen LogP contribution in [-0.4, -0.2) is 41.6 Å². The molecule has 2 N–H and O–H groups in total. The number of carboxylic acid groups (broad SMARTS) is 1. The van der Waals surface area contributed by atoms with Gasteiger partial charge in [-0.15, -0.1) is 0 Å². The predicted molar refractivity (Wildman–Crippen MR) is 89.3 cm³/mol. The molecule has 0 spiro atoms. The van der Waals surface area contributed by atoms with Crippen molar-refractivity contribution in [2.75, 3.05) is 19.6 Å². The number of likely N-dealkylation sites (tertiary alicyclic amines) is 1. The summed E-state index contributed by atoms with van der Waals surface area (Å²) in [7, 11) is 0. The first-order valence-corrected chi connectivity index (χ1v) is 8.31. The maximum Gasteiger partial charge on any atom is 0.317 e. The van der Waals surface area contributed by atoms with E-state index in [1.807, 2.05) is 6.07 Å². The van der Waals surface area contributed by atoms with E-state index in [2.05, 4.69) is 29.6 Å². The molecule has 0 aliphatic carbocycles. The Morgan fingerprint density at radius 3 is 2.61 bits per heavy atom. The van der Waals surface area contributed by atoms with E-state index in [4.69, 9.17) is 0 Å². The summed E-state index contributed by atoms with van der Waals surface area (Å²) in [6.45, 7) is 3.16. The molecule has 1 fully saturated rings. The number of unbranched alkanes of at least 4 members (excludes halogenated alkanes) is 2. The van der Waals surface area contributed by atoms with Crippen LogP contribution in [0.4, 0.5) is 4.79 Å². The second-order valence-electron chi connectivity index (χ2n) is 6.57. The Bertz CT molecular complexity index is 532. The van der Waals surface area contributed by atoms with Gasteiger partial charge >= 0.3 is 12.0 Å². The number of nitrogens with one attached hydrogen (secondary N) is 1. The first-order chi connectivity index (χ1) is 11.0. The van der Waals surface area contributed by atoms with E-state index in [-0.39, 0.29) is 6.03 Å². The molecule has 1 aromatic carbocycles. The van der Waals surface area contributed by atoms with Crippen LogP contribution >= 0.6 is 0 Å². The van der Waals surface area contributed by atoms with Gasteiger partial charge in [-0.05, 0) is 38.2 Å². The smallest absolute Gasteiger partial charge is 0.317 e. The number of hydrogen-bond donors (Lipinski definition) is 2. The summed E-state index contributed by atoms with van der Waals surface area (Å²) < 4.78 is 0. The molecule has 0 bridgehead atoms. The zero-order chi connectivity index (χ0) is 16.7. The Hall–Kier alpha value is -2.04. The average Bonchev–Trinajstić information content (AvgIpc) is 2.95. The summed E-state index contributed by atoms with van der Waals surface area (Å²) in [6, 6.07) is 10.3. The fourth-order valence-electron chi connectivity index (χ4n) is 2.89. The molecule has 1 aliphatic heterocycles. The molecular weight excluding hydrogens is 292 g/mol. The summed E-state index contributed by atoms with van der Waals surface area (Å²) in [5.41, 5.74) is 0.550. The van der Waals surface area contributed by atoms with Crippen molar-refractivity contribution in [2.24, 2.45) is 5.41 Å². The molecule has 1 aromatic rings. The Morgan fingerprint density at radius 1 is 1.22 bits per heavy atom. The lowest BCUT2D eigenvalue weighted by Gasteiger charge is -2.20. The Morgan fingerprint density at radius 2 is 1.96 bits per heavy atom. The average molecular weight is 318 g/mol. The standard InChI is InChI=1S/C18H26N2O3/c1-18(16(21)22)11-13-20(14-18)17(23)19-12-7-3-6-10-15-8-4-2-5-9-15/h2,4-5,8-9H,3,6-7,10-14H2,1H3,(H,19,23)(H,21,22). The number of amides is 2. The zero-order valence-corrected chi connectivity index (χ0v) is 13.8. The van der Waals surface area contributed by atoms with Gasteiger partial charge in [0.1, 0.15) is 0 Å². The Labute approximate surface area is 137 Å². The van der Waals surface area contributed by atoms with Crippen LogP contribution in [0.3, 0.4) is 0 Å². The second-order valence-corrected chi connectivity index (χ2v) is 6.57. The van der Waals surface area contributed by atoms with Crippen molar-refractivity contribution in [1.29, 1.82) is 0 Å². The van der Waals surface area contributed by atoms with Crippen LogP contribution in [0.25, 0.3) is 0 Å². The number of aliphatic carboxylic acids is 1. The Kier molecular flexibility index (Phi) is 6.02. The molecule has 1 aliphatic rings. The van der Waals surface area contributed by atoms with Gasteiger partial charge in [0.2, 0.25) is 0 Å². The molecule has 1 unspecified atom stereocenters. The van der Waals surface area contributed by atoms with E-state index in [1.54, 1.807) is 11.8 Å². The highest BCUT2D eigenvalue weighted by Gasteiger charge is 2.42. The molecule has 5 nitrogen and oxygen atoms in total. The maximum absolute atomic E-state index is 12.0. The summed E-state index contributed by atoms with van der Waals surface area (Å²) in [4.78, 5) is 24.8. The highest BCUT2D eigenvalue weighted by molar-refractivity contribution is 5.79. The van der Waals surface area contributed by atoms with Crippen LogP contribution in [0, 0.1) is 5.41 Å². The topological polar surface area (TPSA) is 69.6 Å². The number of aryl methyl sites for hydroxylation is 1. The number of carbonyl (C=O) groups excluding carboxylic acids is 1. The number of nitrogens with zero attached hydrogens (tertiary/aromatic N) is 1. The molecule has 0 saturated carbocycles. The Balaban J connectivity index is 1.58. The summed E-state index contributed by atoms with van der Waals surface area (Å²) in [5.74, 6) is -0.825. The van der Waals surface area contributed by atoms with Crippen LogP contribution in [0.15, 0.2) is 30.3 Å². The zero-order valence-electron chi connectivity index (χ0n) is 13.8. The van der Waals surface area contributed by atoms with Crippen LogP contribution in [0.1, 0.15) is 38.2 Å². The van der Waals surface area contributed by atoms with Crippen molar-refractivity contribution in [3.8, 4) is 0 Å². The second kappa shape index (κ2) is 7.99. The fraction of sp³-hybridized carbons (Fsp3) is 0.556. The number of carboxylic acids is 1. The van der Waals surface area contributed by atoms with Gasteiger partial charge in [-0.2, -0.15) is 0 Å². The quantitative estimate of drug-likeness (QED) is 0.760. The number of hydrogen-bond acceptors (Lipinski definition) is 2. The van der Waals surface area contributed by atoms with Crippen LogP contribution in [-0.2, 0) is 11.2 Å². The molecule has 5 heteroatoms. The summed E-state index contributed by atoms with van der Waals surface area (Å²) in [5, 5.41) is 12.1. The molecule has 0 aromatic heterocycles. The number of rotatable bonds is 7. The van der Waals surface area contributed by atoms with Gasteiger partial charge in [0.25, 0.3) is 0 Å². The molecular formula is C18H26N2O3. The van der Waals surface area contributed by atoms with E-state index in [0.717, 1.165) is 25.7 Å². The van der Waals surface area contributed by atoms with Gasteiger partial charge in [-0.3, -0.25) is 4.79 Å². The lowest BCUT2D eigenvalue weighted by molar-refractivity contribution is -0.146. The summed E-state index contributed by atoms with van der Waals surface area (Å²) >= 11 is 0. The third-order valence-corrected chi connectivity index (χ3v) is 4.54. The fourth-order valence-corrected chi connectivity index (χ4v) is 2.89. The predicted octanol–water partition coefficient (Wildman–Crippen LogP) is 2.91. The lowest BCUT2D eigenvalue weighted by atomic mass is 9.90. The molecule has 2 rings (SSSR count). The van der Waals surface area contributed by atoms with Crippen LogP contribution < -0.4 is 5.32 Å². The van der Waals surface area contributed by atoms with Gasteiger partial charge in [0.05, 0.1) is 5.41 Å². The van der Waals surface area contributed by atoms with E-state index >= 15 is 0 Å². The minimum absolute atomic E-state index is 0.141. The molecule has 1 saturated heterocycles. The first kappa shape index (κ1) is 17.3. The number of carbonyl (C=O) groups is 2. The lowest BCUT2D eigenvalue weighted by Crippen LogP contribution is -2.41. The van der Waals surface area contributed by atoms with E-state index in [1.165, 1.54) is 5.56 Å². The van der Waals surface area contributed by atoms with Crippen molar-refractivity contribution in [3.63, 3.8) is 0 Å². The van der Waals surface area contributed by atoms with E-state index in [0.29, 0.717) is 26.1 Å². The molecule has 1 heterocycles. The van der Waals surface area contributed by atoms with Gasteiger partial charge in [0.15, 0.2) is 0 Å². The van der Waals surface area contributed by atoms with Gasteiger partial charge in [-0.1, -0.05) is 36.8 Å². The SMILES string of the molecule is CC1(C(=O)O)CCN(C(=O)NCCCCCc2ccccc2)C1. The highest BCUT2D eigenvalue weighted by atomic mass is 16.4. The monoisotopic (exact) mass is 318 g/mol. The van der Waals surface area contributed by atoms with Crippen LogP contribution in [0.5, 0.6) is 0 Å². The third kappa shape index (κ3) is 4.98. The van der Waals surface area contributed by atoms with Crippen molar-refractivity contribution in [2.45, 2.75) is 39.0 Å². The molecule has 1 atom stereocenters. The maximum atomic E-state index is 12.0. The van der Waals surface area contributed by atoms with Gasteiger partial charge < -0.3 is 15.3 Å². The van der Waals surface area contributed by atoms with Gasteiger partial charge in [0, 0.05) is 19.6 Å². The summed E-state index contributed by atoms with van der Waals surface area (Å²) in [6.07, 6.45) is 4.72. The van der Waals surface area contributed by atoms with Crippen molar-refractivity contribution >= 4 is 12.0 Å².